The molecular formula is C32H29N3O8S. The summed E-state index contributed by atoms with van der Waals surface area (Å²) in [5, 5.41) is 10.9. The molecule has 1 atom stereocenters. The van der Waals surface area contributed by atoms with Gasteiger partial charge in [-0.15, -0.1) is 0 Å². The van der Waals surface area contributed by atoms with Crippen LogP contribution in [0.4, 0.5) is 5.69 Å². The highest BCUT2D eigenvalue weighted by molar-refractivity contribution is 7.07. The Morgan fingerprint density at radius 1 is 1.05 bits per heavy atom. The number of carbonyl (C=O) groups is 1. The van der Waals surface area contributed by atoms with E-state index in [1.54, 1.807) is 69.5 Å². The van der Waals surface area contributed by atoms with E-state index in [4.69, 9.17) is 18.9 Å². The highest BCUT2D eigenvalue weighted by Crippen LogP contribution is 2.37. The van der Waals surface area contributed by atoms with Crippen LogP contribution in [0.25, 0.3) is 6.08 Å². The van der Waals surface area contributed by atoms with Gasteiger partial charge < -0.3 is 18.9 Å². The van der Waals surface area contributed by atoms with E-state index in [1.165, 1.54) is 35.1 Å². The molecule has 0 unspecified atom stereocenters. The smallest absolute Gasteiger partial charge is 0.338 e. The Kier molecular flexibility index (Phi) is 8.91. The molecule has 0 bridgehead atoms. The minimum absolute atomic E-state index is 0.0186. The number of allylic oxidation sites excluding steroid dienone is 1. The topological polar surface area (TPSA) is 131 Å². The highest BCUT2D eigenvalue weighted by Gasteiger charge is 2.35. The van der Waals surface area contributed by atoms with Gasteiger partial charge in [0, 0.05) is 23.8 Å². The molecule has 0 N–H and O–H groups in total. The summed E-state index contributed by atoms with van der Waals surface area (Å²) in [6.45, 7) is 3.85. The predicted octanol–water partition coefficient (Wildman–Crippen LogP) is 4.30. The van der Waals surface area contributed by atoms with E-state index < -0.39 is 16.9 Å². The molecule has 226 valence electrons. The van der Waals surface area contributed by atoms with E-state index in [0.29, 0.717) is 37.8 Å². The Bertz CT molecular complexity index is 1930. The lowest BCUT2D eigenvalue weighted by Crippen LogP contribution is -2.40. The number of fused-ring (bicyclic) bond motifs is 1. The molecule has 1 aliphatic heterocycles. The number of benzene rings is 3. The van der Waals surface area contributed by atoms with Gasteiger partial charge in [0.2, 0.25) is 0 Å². The highest BCUT2D eigenvalue weighted by atomic mass is 32.1. The number of nitrogens with zero attached hydrogens (tertiary/aromatic N) is 3. The summed E-state index contributed by atoms with van der Waals surface area (Å²) < 4.78 is 24.1. The van der Waals surface area contributed by atoms with E-state index >= 15 is 0 Å². The molecule has 11 nitrogen and oxygen atoms in total. The Morgan fingerprint density at radius 3 is 2.39 bits per heavy atom. The van der Waals surface area contributed by atoms with Crippen LogP contribution in [0, 0.1) is 10.1 Å². The molecule has 0 radical (unpaired) electrons. The van der Waals surface area contributed by atoms with Crippen LogP contribution in [-0.4, -0.2) is 36.3 Å². The van der Waals surface area contributed by atoms with E-state index in [-0.39, 0.29) is 30.0 Å². The van der Waals surface area contributed by atoms with Gasteiger partial charge >= 0.3 is 5.97 Å². The van der Waals surface area contributed by atoms with Crippen LogP contribution in [0.3, 0.4) is 0 Å². The number of carbonyl (C=O) groups excluding carboxylic acids is 1. The van der Waals surface area contributed by atoms with Crippen molar-refractivity contribution in [3.8, 4) is 17.2 Å². The van der Waals surface area contributed by atoms with Crippen molar-refractivity contribution >= 4 is 29.1 Å². The summed E-state index contributed by atoms with van der Waals surface area (Å²) >= 11 is 1.22. The zero-order chi connectivity index (χ0) is 31.4. The fraction of sp³-hybridized carbons (Fsp3) is 0.219. The van der Waals surface area contributed by atoms with Gasteiger partial charge in [0.25, 0.3) is 11.2 Å². The van der Waals surface area contributed by atoms with Crippen molar-refractivity contribution in [2.45, 2.75) is 26.5 Å². The average molecular weight is 616 g/mol. The molecule has 3 aromatic carbocycles. The molecule has 0 fully saturated rings. The van der Waals surface area contributed by atoms with Gasteiger partial charge in [-0.1, -0.05) is 23.5 Å². The standard InChI is InChI=1S/C32H29N3O8S/c1-5-42-31(37)28-19(2)33-32-34(29(28)25-15-14-24(40-3)17-26(25)41-4)30(36)27(44-32)16-20-8-12-23(13-9-20)43-18-21-6-10-22(11-7-21)35(38)39/h6-17,29H,5,18H2,1-4H3/b27-16-/t29-/m1/s1. The van der Waals surface area contributed by atoms with Crippen LogP contribution in [-0.2, 0) is 16.1 Å². The van der Waals surface area contributed by atoms with Gasteiger partial charge in [-0.25, -0.2) is 9.79 Å². The molecule has 0 saturated carbocycles. The Morgan fingerprint density at radius 2 is 1.75 bits per heavy atom. The van der Waals surface area contributed by atoms with Crippen molar-refractivity contribution in [3.63, 3.8) is 0 Å². The second kappa shape index (κ2) is 13.0. The van der Waals surface area contributed by atoms with Crippen molar-refractivity contribution in [1.29, 1.82) is 0 Å². The molecule has 0 spiro atoms. The molecule has 1 aliphatic rings. The van der Waals surface area contributed by atoms with Gasteiger partial charge in [-0.3, -0.25) is 19.5 Å². The molecule has 0 aliphatic carbocycles. The maximum atomic E-state index is 13.9. The fourth-order valence-electron chi connectivity index (χ4n) is 4.82. The van der Waals surface area contributed by atoms with Gasteiger partial charge in [-0.2, -0.15) is 0 Å². The van der Waals surface area contributed by atoms with Gasteiger partial charge in [-0.05, 0) is 67.4 Å². The van der Waals surface area contributed by atoms with E-state index in [2.05, 4.69) is 4.99 Å². The Hall–Kier alpha value is -5.23. The first-order chi connectivity index (χ1) is 21.2. The Labute approximate surface area is 256 Å². The van der Waals surface area contributed by atoms with Crippen molar-refractivity contribution in [3.05, 3.63) is 124 Å². The monoisotopic (exact) mass is 615 g/mol. The van der Waals surface area contributed by atoms with Gasteiger partial charge in [0.1, 0.15) is 29.9 Å². The second-order valence-corrected chi connectivity index (χ2v) is 10.7. The number of hydrogen-bond donors (Lipinski definition) is 0. The zero-order valence-corrected chi connectivity index (χ0v) is 25.3. The molecule has 0 saturated heterocycles. The number of non-ortho nitro benzene ring substituents is 1. The number of nitro benzene ring substituents is 1. The maximum absolute atomic E-state index is 13.9. The first-order valence-electron chi connectivity index (χ1n) is 13.6. The normalized spacial score (nSPS) is 14.5. The third kappa shape index (κ3) is 6.11. The minimum Gasteiger partial charge on any atom is -0.497 e. The summed E-state index contributed by atoms with van der Waals surface area (Å²) in [6, 6.07) is 17.8. The third-order valence-corrected chi connectivity index (χ3v) is 7.97. The number of rotatable bonds is 10. The van der Waals surface area contributed by atoms with Crippen LogP contribution in [0.1, 0.15) is 36.6 Å². The lowest BCUT2D eigenvalue weighted by molar-refractivity contribution is -0.384. The molecule has 5 rings (SSSR count). The lowest BCUT2D eigenvalue weighted by Gasteiger charge is -2.26. The van der Waals surface area contributed by atoms with Crippen LogP contribution >= 0.6 is 11.3 Å². The van der Waals surface area contributed by atoms with Crippen molar-refractivity contribution in [1.82, 2.24) is 4.57 Å². The number of esters is 1. The van der Waals surface area contributed by atoms with E-state index in [0.717, 1.165) is 11.1 Å². The molecule has 0 amide bonds. The summed E-state index contributed by atoms with van der Waals surface area (Å²) in [5.74, 6) is 1.06. The van der Waals surface area contributed by atoms with Gasteiger partial charge in [0.15, 0.2) is 4.80 Å². The predicted molar refractivity (Wildman–Crippen MR) is 164 cm³/mol. The summed E-state index contributed by atoms with van der Waals surface area (Å²) in [7, 11) is 3.06. The zero-order valence-electron chi connectivity index (χ0n) is 24.4. The van der Waals surface area contributed by atoms with Gasteiger partial charge in [0.05, 0.1) is 41.6 Å². The second-order valence-electron chi connectivity index (χ2n) is 9.69. The van der Waals surface area contributed by atoms with Crippen LogP contribution < -0.4 is 29.1 Å². The lowest BCUT2D eigenvalue weighted by atomic mass is 9.95. The number of aromatic nitrogens is 1. The summed E-state index contributed by atoms with van der Waals surface area (Å²) in [5.41, 5.74) is 2.55. The third-order valence-electron chi connectivity index (χ3n) is 6.98. The number of ether oxygens (including phenoxy) is 4. The molecule has 44 heavy (non-hydrogen) atoms. The molecule has 2 heterocycles. The number of methoxy groups -OCH3 is 2. The largest absolute Gasteiger partial charge is 0.497 e. The quantitative estimate of drug-likeness (QED) is 0.147. The maximum Gasteiger partial charge on any atom is 0.338 e. The SMILES string of the molecule is CCOC(=O)C1=C(C)N=c2s/c(=C\c3ccc(OCc4ccc([N+](=O)[O-])cc4)cc3)c(=O)n2[C@@H]1c1ccc(OC)cc1OC. The minimum atomic E-state index is -0.830. The first kappa shape index (κ1) is 30.2. The molecule has 4 aromatic rings. The molecular weight excluding hydrogens is 586 g/mol. The average Bonchev–Trinajstić information content (AvgIpc) is 3.33. The van der Waals surface area contributed by atoms with E-state index in [1.807, 2.05) is 12.1 Å². The van der Waals surface area contributed by atoms with Crippen LogP contribution in [0.5, 0.6) is 17.2 Å². The number of nitro groups is 1. The number of hydrogen-bond acceptors (Lipinski definition) is 10. The Balaban J connectivity index is 1.49. The molecule has 12 heteroatoms. The van der Waals surface area contributed by atoms with E-state index in [9.17, 15) is 19.7 Å². The summed E-state index contributed by atoms with van der Waals surface area (Å²) in [6.07, 6.45) is 1.76. The van der Waals surface area contributed by atoms with Crippen molar-refractivity contribution in [2.24, 2.45) is 4.99 Å². The summed E-state index contributed by atoms with van der Waals surface area (Å²) in [4.78, 5) is 42.6. The van der Waals surface area contributed by atoms with Crippen molar-refractivity contribution < 1.29 is 28.7 Å². The fourth-order valence-corrected chi connectivity index (χ4v) is 5.87. The van der Waals surface area contributed by atoms with Crippen LogP contribution in [0.15, 0.2) is 87.8 Å². The van der Waals surface area contributed by atoms with Crippen LogP contribution in [0.2, 0.25) is 0 Å². The molecule has 1 aromatic heterocycles. The first-order valence-corrected chi connectivity index (χ1v) is 14.4. The number of thiazole rings is 1. The van der Waals surface area contributed by atoms with Crippen molar-refractivity contribution in [2.75, 3.05) is 20.8 Å².